The van der Waals surface area contributed by atoms with E-state index in [0.29, 0.717) is 0 Å². The molecule has 0 aromatic carbocycles. The van der Waals surface area contributed by atoms with Gasteiger partial charge < -0.3 is 4.90 Å². The summed E-state index contributed by atoms with van der Waals surface area (Å²) in [5.41, 5.74) is 0. The van der Waals surface area contributed by atoms with E-state index in [9.17, 15) is 0 Å². The van der Waals surface area contributed by atoms with Crippen molar-refractivity contribution in [1.82, 2.24) is 4.90 Å². The van der Waals surface area contributed by atoms with Crippen molar-refractivity contribution in [3.8, 4) is 0 Å². The van der Waals surface area contributed by atoms with Crippen LogP contribution in [0.15, 0.2) is 0 Å². The molecule has 0 bridgehead atoms. The molecule has 0 rings (SSSR count). The molecular formula is C6H15CuN. The quantitative estimate of drug-likeness (QED) is 0.570. The molecule has 0 unspecified atom stereocenters. The molecule has 0 aliphatic rings. The molecule has 0 N–H and O–H groups in total. The van der Waals surface area contributed by atoms with Crippen LogP contribution in [0.2, 0.25) is 0 Å². The standard InChI is InChI=1S/C6H15N.Cu/c1-4-5-6-7(2)3;/h4-6H2,1-3H3;. The van der Waals surface area contributed by atoms with Crippen LogP contribution >= 0.6 is 0 Å². The maximum atomic E-state index is 2.21. The summed E-state index contributed by atoms with van der Waals surface area (Å²) in [7, 11) is 4.21. The Morgan fingerprint density at radius 3 is 1.88 bits per heavy atom. The first kappa shape index (κ1) is 11.3. The predicted molar refractivity (Wildman–Crippen MR) is 33.5 cm³/mol. The first-order chi connectivity index (χ1) is 3.27. The zero-order valence-electron chi connectivity index (χ0n) is 5.87. The average molecular weight is 165 g/mol. The molecule has 0 fully saturated rings. The molecule has 0 aromatic rings. The number of hydrogen-bond acceptors (Lipinski definition) is 1. The Morgan fingerprint density at radius 1 is 1.25 bits per heavy atom. The van der Waals surface area contributed by atoms with Gasteiger partial charge in [0.2, 0.25) is 0 Å². The van der Waals surface area contributed by atoms with Crippen LogP contribution in [0.25, 0.3) is 0 Å². The smallest absolute Gasteiger partial charge is 0 e. The maximum absolute atomic E-state index is 2.21. The van der Waals surface area contributed by atoms with Crippen molar-refractivity contribution in [2.45, 2.75) is 19.8 Å². The molecule has 8 heavy (non-hydrogen) atoms. The Bertz CT molecular complexity index is 37.5. The van der Waals surface area contributed by atoms with E-state index < -0.39 is 0 Å². The van der Waals surface area contributed by atoms with E-state index in [2.05, 4.69) is 25.9 Å². The molecule has 0 saturated heterocycles. The van der Waals surface area contributed by atoms with Crippen molar-refractivity contribution < 1.29 is 17.1 Å². The van der Waals surface area contributed by atoms with Gasteiger partial charge in [0.15, 0.2) is 0 Å². The van der Waals surface area contributed by atoms with E-state index in [-0.39, 0.29) is 17.1 Å². The fraction of sp³-hybridized carbons (Fsp3) is 1.00. The minimum Gasteiger partial charge on any atom is -0.309 e. The minimum atomic E-state index is 0. The summed E-state index contributed by atoms with van der Waals surface area (Å²) in [5.74, 6) is 0. The minimum absolute atomic E-state index is 0. The maximum Gasteiger partial charge on any atom is 0 e. The van der Waals surface area contributed by atoms with Crippen LogP contribution in [-0.4, -0.2) is 25.5 Å². The fourth-order valence-electron chi connectivity index (χ4n) is 0.474. The largest absolute Gasteiger partial charge is 0.309 e. The third-order valence-corrected chi connectivity index (χ3v) is 0.959. The molecule has 0 spiro atoms. The second-order valence-corrected chi connectivity index (χ2v) is 2.16. The van der Waals surface area contributed by atoms with Gasteiger partial charge in [-0.3, -0.25) is 0 Å². The van der Waals surface area contributed by atoms with Crippen molar-refractivity contribution in [2.24, 2.45) is 0 Å². The molecule has 0 atom stereocenters. The fourth-order valence-corrected chi connectivity index (χ4v) is 0.474. The Labute approximate surface area is 62.9 Å². The molecule has 0 amide bonds. The summed E-state index contributed by atoms with van der Waals surface area (Å²) in [5, 5.41) is 0. The number of nitrogens with zero attached hydrogens (tertiary/aromatic N) is 1. The van der Waals surface area contributed by atoms with Gasteiger partial charge in [-0.25, -0.2) is 0 Å². The van der Waals surface area contributed by atoms with E-state index in [1.165, 1.54) is 19.4 Å². The van der Waals surface area contributed by atoms with Gasteiger partial charge >= 0.3 is 0 Å². The van der Waals surface area contributed by atoms with Crippen LogP contribution in [0.3, 0.4) is 0 Å². The molecule has 0 aliphatic carbocycles. The van der Waals surface area contributed by atoms with Crippen molar-refractivity contribution in [2.75, 3.05) is 20.6 Å². The third-order valence-electron chi connectivity index (χ3n) is 0.959. The molecule has 0 heterocycles. The zero-order chi connectivity index (χ0) is 5.70. The van der Waals surface area contributed by atoms with E-state index in [0.717, 1.165) is 0 Å². The van der Waals surface area contributed by atoms with Crippen LogP contribution in [-0.2, 0) is 17.1 Å². The van der Waals surface area contributed by atoms with E-state index in [1.807, 2.05) is 0 Å². The SMILES string of the molecule is CCCCN(C)C.[Cu]. The van der Waals surface area contributed by atoms with Gasteiger partial charge in [0, 0.05) is 17.1 Å². The first-order valence-corrected chi connectivity index (χ1v) is 2.92. The van der Waals surface area contributed by atoms with Gasteiger partial charge in [0.1, 0.15) is 0 Å². The van der Waals surface area contributed by atoms with Crippen LogP contribution in [0.4, 0.5) is 0 Å². The summed E-state index contributed by atoms with van der Waals surface area (Å²) in [6.45, 7) is 3.44. The molecule has 0 saturated carbocycles. The van der Waals surface area contributed by atoms with Gasteiger partial charge in [-0.05, 0) is 27.1 Å². The van der Waals surface area contributed by atoms with Gasteiger partial charge in [-0.2, -0.15) is 0 Å². The molecule has 1 radical (unpaired) electrons. The van der Waals surface area contributed by atoms with Crippen LogP contribution in [0.1, 0.15) is 19.8 Å². The van der Waals surface area contributed by atoms with Gasteiger partial charge in [0.25, 0.3) is 0 Å². The van der Waals surface area contributed by atoms with Crippen LogP contribution in [0, 0.1) is 0 Å². The van der Waals surface area contributed by atoms with Crippen molar-refractivity contribution in [3.63, 3.8) is 0 Å². The van der Waals surface area contributed by atoms with Crippen LogP contribution in [0.5, 0.6) is 0 Å². The third kappa shape index (κ3) is 9.70. The van der Waals surface area contributed by atoms with Crippen molar-refractivity contribution >= 4 is 0 Å². The van der Waals surface area contributed by atoms with Gasteiger partial charge in [0.05, 0.1) is 0 Å². The summed E-state index contributed by atoms with van der Waals surface area (Å²) < 4.78 is 0. The van der Waals surface area contributed by atoms with E-state index in [4.69, 9.17) is 0 Å². The molecule has 55 valence electrons. The first-order valence-electron chi connectivity index (χ1n) is 2.92. The Kier molecular flexibility index (Phi) is 10.6. The number of rotatable bonds is 3. The van der Waals surface area contributed by atoms with Gasteiger partial charge in [-0.1, -0.05) is 13.3 Å². The zero-order valence-corrected chi connectivity index (χ0v) is 6.81. The van der Waals surface area contributed by atoms with Crippen molar-refractivity contribution in [3.05, 3.63) is 0 Å². The van der Waals surface area contributed by atoms with E-state index in [1.54, 1.807) is 0 Å². The van der Waals surface area contributed by atoms with E-state index >= 15 is 0 Å². The molecule has 1 nitrogen and oxygen atoms in total. The Morgan fingerprint density at radius 2 is 1.75 bits per heavy atom. The normalized spacial score (nSPS) is 9.00. The van der Waals surface area contributed by atoms with Crippen LogP contribution < -0.4 is 0 Å². The Balaban J connectivity index is 0. The molecule has 2 heteroatoms. The second-order valence-electron chi connectivity index (χ2n) is 2.16. The molecule has 0 aliphatic heterocycles. The number of unbranched alkanes of at least 4 members (excludes halogenated alkanes) is 1. The summed E-state index contributed by atoms with van der Waals surface area (Å²) >= 11 is 0. The predicted octanol–water partition coefficient (Wildman–Crippen LogP) is 1.35. The summed E-state index contributed by atoms with van der Waals surface area (Å²) in [6, 6.07) is 0. The monoisotopic (exact) mass is 164 g/mol. The number of hydrogen-bond donors (Lipinski definition) is 0. The molecular weight excluding hydrogens is 150 g/mol. The molecule has 0 aromatic heterocycles. The average Bonchev–Trinajstić information content (AvgIpc) is 1.61. The van der Waals surface area contributed by atoms with Crippen molar-refractivity contribution in [1.29, 1.82) is 0 Å². The topological polar surface area (TPSA) is 3.24 Å². The Hall–Kier alpha value is 0.479. The summed E-state index contributed by atoms with van der Waals surface area (Å²) in [4.78, 5) is 2.21. The summed E-state index contributed by atoms with van der Waals surface area (Å²) in [6.07, 6.45) is 2.63. The van der Waals surface area contributed by atoms with Gasteiger partial charge in [-0.15, -0.1) is 0 Å². The second kappa shape index (κ2) is 7.48.